The van der Waals surface area contributed by atoms with Crippen LogP contribution < -0.4 is 9.62 Å². The fraction of sp³-hybridized carbons (Fsp3) is 0.176. The molecule has 2 aromatic carbocycles. The van der Waals surface area contributed by atoms with E-state index in [0.717, 1.165) is 0 Å². The quantitative estimate of drug-likeness (QED) is 0.656. The van der Waals surface area contributed by atoms with Gasteiger partial charge in [-0.05, 0) is 48.9 Å². The van der Waals surface area contributed by atoms with E-state index in [0.29, 0.717) is 28.7 Å². The van der Waals surface area contributed by atoms with Crippen LogP contribution >= 0.6 is 23.2 Å². The first kappa shape index (κ1) is 19.5. The molecule has 0 amide bonds. The lowest BCUT2D eigenvalue weighted by atomic mass is 10.2. The van der Waals surface area contributed by atoms with Gasteiger partial charge in [-0.25, -0.2) is 8.42 Å². The Balaban J connectivity index is 1.83. The highest BCUT2D eigenvalue weighted by Gasteiger charge is 2.18. The lowest BCUT2D eigenvalue weighted by molar-refractivity contribution is 0.566. The Labute approximate surface area is 167 Å². The summed E-state index contributed by atoms with van der Waals surface area (Å²) in [7, 11) is -0.256. The van der Waals surface area contributed by atoms with E-state index in [1.165, 1.54) is 12.1 Å². The highest BCUT2D eigenvalue weighted by molar-refractivity contribution is 7.92. The maximum absolute atomic E-state index is 12.6. The summed E-state index contributed by atoms with van der Waals surface area (Å²) >= 11 is 12.1. The van der Waals surface area contributed by atoms with Crippen molar-refractivity contribution >= 4 is 44.9 Å². The zero-order valence-electron chi connectivity index (χ0n) is 14.7. The molecule has 0 unspecified atom stereocenters. The predicted octanol–water partition coefficient (Wildman–Crippen LogP) is 4.22. The minimum absolute atomic E-state index is 0.0142. The van der Waals surface area contributed by atoms with Crippen molar-refractivity contribution in [3.05, 3.63) is 52.0 Å². The molecular formula is C17H16Cl2N4O3S. The minimum Gasteiger partial charge on any atom is -0.403 e. The van der Waals surface area contributed by atoms with Gasteiger partial charge >= 0.3 is 6.01 Å². The average molecular weight is 427 g/mol. The highest BCUT2D eigenvalue weighted by Crippen LogP contribution is 2.29. The first-order valence-electron chi connectivity index (χ1n) is 7.77. The van der Waals surface area contributed by atoms with Crippen molar-refractivity contribution in [3.63, 3.8) is 0 Å². The number of nitrogens with zero attached hydrogens (tertiary/aromatic N) is 3. The number of benzene rings is 2. The standard InChI is InChI=1S/C17H16Cl2N4O3S/c1-10-14(18)8-13(9-15(10)19)27(24,25)22-12-6-4-11(5-7-12)16-20-21-17(26-16)23(2)3/h4-9,22H,1-3H3. The van der Waals surface area contributed by atoms with Gasteiger partial charge in [0, 0.05) is 35.4 Å². The summed E-state index contributed by atoms with van der Waals surface area (Å²) in [5, 5.41) is 8.44. The lowest BCUT2D eigenvalue weighted by Crippen LogP contribution is -2.13. The normalized spacial score (nSPS) is 11.4. The third-order valence-electron chi connectivity index (χ3n) is 3.75. The predicted molar refractivity (Wildman–Crippen MR) is 106 cm³/mol. The third kappa shape index (κ3) is 4.18. The molecule has 0 aliphatic carbocycles. The van der Waals surface area contributed by atoms with Crippen LogP contribution in [0.15, 0.2) is 45.7 Å². The van der Waals surface area contributed by atoms with Crippen LogP contribution in [0.1, 0.15) is 5.56 Å². The zero-order chi connectivity index (χ0) is 19.8. The molecule has 0 spiro atoms. The van der Waals surface area contributed by atoms with Crippen molar-refractivity contribution in [3.8, 4) is 11.5 Å². The molecule has 0 aliphatic heterocycles. The van der Waals surface area contributed by atoms with Crippen molar-refractivity contribution in [2.75, 3.05) is 23.7 Å². The van der Waals surface area contributed by atoms with Crippen molar-refractivity contribution in [2.24, 2.45) is 0 Å². The maximum atomic E-state index is 12.6. The molecule has 27 heavy (non-hydrogen) atoms. The second kappa shape index (κ2) is 7.38. The number of halogens is 2. The molecule has 0 saturated heterocycles. The molecule has 1 heterocycles. The van der Waals surface area contributed by atoms with Crippen LogP contribution in [0.2, 0.25) is 10.0 Å². The molecule has 7 nitrogen and oxygen atoms in total. The Hall–Kier alpha value is -2.29. The average Bonchev–Trinajstić information content (AvgIpc) is 3.10. The van der Waals surface area contributed by atoms with Crippen LogP contribution in [0, 0.1) is 6.92 Å². The summed E-state index contributed by atoms with van der Waals surface area (Å²) in [5.74, 6) is 0.338. The van der Waals surface area contributed by atoms with E-state index in [1.807, 2.05) is 0 Å². The fourth-order valence-electron chi connectivity index (χ4n) is 2.18. The van der Waals surface area contributed by atoms with Gasteiger partial charge in [0.2, 0.25) is 5.89 Å². The molecule has 0 fully saturated rings. The van der Waals surface area contributed by atoms with Gasteiger partial charge in [-0.1, -0.05) is 28.3 Å². The number of sulfonamides is 1. The molecule has 0 atom stereocenters. The van der Waals surface area contributed by atoms with Gasteiger partial charge in [-0.2, -0.15) is 0 Å². The number of nitrogens with one attached hydrogen (secondary N) is 1. The van der Waals surface area contributed by atoms with E-state index in [1.54, 1.807) is 50.2 Å². The highest BCUT2D eigenvalue weighted by atomic mass is 35.5. The Kier molecular flexibility index (Phi) is 5.32. The van der Waals surface area contributed by atoms with Gasteiger partial charge in [0.05, 0.1) is 4.90 Å². The summed E-state index contributed by atoms with van der Waals surface area (Å²) < 4.78 is 33.2. The monoisotopic (exact) mass is 426 g/mol. The Morgan fingerprint density at radius 3 is 2.15 bits per heavy atom. The Morgan fingerprint density at radius 2 is 1.63 bits per heavy atom. The molecule has 1 N–H and O–H groups in total. The van der Waals surface area contributed by atoms with Gasteiger partial charge < -0.3 is 9.32 Å². The van der Waals surface area contributed by atoms with Crippen molar-refractivity contribution in [1.82, 2.24) is 10.2 Å². The topological polar surface area (TPSA) is 88.3 Å². The van der Waals surface area contributed by atoms with Crippen LogP contribution in [0.3, 0.4) is 0 Å². The Morgan fingerprint density at radius 1 is 1.04 bits per heavy atom. The van der Waals surface area contributed by atoms with Crippen molar-refractivity contribution < 1.29 is 12.8 Å². The molecule has 142 valence electrons. The van der Waals surface area contributed by atoms with E-state index >= 15 is 0 Å². The van der Waals surface area contributed by atoms with E-state index in [2.05, 4.69) is 14.9 Å². The van der Waals surface area contributed by atoms with Gasteiger partial charge in [-0.3, -0.25) is 4.72 Å². The first-order valence-corrected chi connectivity index (χ1v) is 10.0. The number of rotatable bonds is 5. The summed E-state index contributed by atoms with van der Waals surface area (Å²) in [6, 6.07) is 9.66. The smallest absolute Gasteiger partial charge is 0.317 e. The van der Waals surface area contributed by atoms with E-state index in [4.69, 9.17) is 27.6 Å². The summed E-state index contributed by atoms with van der Waals surface area (Å²) in [4.78, 5) is 1.68. The van der Waals surface area contributed by atoms with Gasteiger partial charge in [0.25, 0.3) is 10.0 Å². The van der Waals surface area contributed by atoms with Crippen LogP contribution in [-0.2, 0) is 10.0 Å². The molecule has 0 saturated carbocycles. The Bertz CT molecular complexity index is 1060. The molecule has 0 radical (unpaired) electrons. The largest absolute Gasteiger partial charge is 0.403 e. The summed E-state index contributed by atoms with van der Waals surface area (Å²) in [6.07, 6.45) is 0. The first-order chi connectivity index (χ1) is 12.7. The molecule has 10 heteroatoms. The maximum Gasteiger partial charge on any atom is 0.317 e. The van der Waals surface area contributed by atoms with Gasteiger partial charge in [-0.15, -0.1) is 5.10 Å². The van der Waals surface area contributed by atoms with Gasteiger partial charge in [0.1, 0.15) is 0 Å². The molecular weight excluding hydrogens is 411 g/mol. The zero-order valence-corrected chi connectivity index (χ0v) is 17.0. The van der Waals surface area contributed by atoms with Gasteiger partial charge in [0.15, 0.2) is 0 Å². The van der Waals surface area contributed by atoms with Crippen molar-refractivity contribution in [1.29, 1.82) is 0 Å². The van der Waals surface area contributed by atoms with Crippen LogP contribution in [0.4, 0.5) is 11.7 Å². The van der Waals surface area contributed by atoms with Crippen LogP contribution in [0.5, 0.6) is 0 Å². The molecule has 3 aromatic rings. The van der Waals surface area contributed by atoms with E-state index in [-0.39, 0.29) is 14.9 Å². The number of hydrogen-bond acceptors (Lipinski definition) is 6. The molecule has 3 rings (SSSR count). The summed E-state index contributed by atoms with van der Waals surface area (Å²) in [6.45, 7) is 1.71. The second-order valence-electron chi connectivity index (χ2n) is 5.98. The molecule has 0 bridgehead atoms. The third-order valence-corrected chi connectivity index (χ3v) is 5.89. The number of aromatic nitrogens is 2. The number of hydrogen-bond donors (Lipinski definition) is 1. The van der Waals surface area contributed by atoms with E-state index in [9.17, 15) is 8.42 Å². The fourth-order valence-corrected chi connectivity index (χ4v) is 3.91. The molecule has 1 aromatic heterocycles. The number of anilines is 2. The van der Waals surface area contributed by atoms with Crippen LogP contribution in [0.25, 0.3) is 11.5 Å². The van der Waals surface area contributed by atoms with Crippen molar-refractivity contribution in [2.45, 2.75) is 11.8 Å². The lowest BCUT2D eigenvalue weighted by Gasteiger charge is -2.10. The molecule has 0 aliphatic rings. The van der Waals surface area contributed by atoms with Crippen LogP contribution in [-0.4, -0.2) is 32.7 Å². The summed E-state index contributed by atoms with van der Waals surface area (Å²) in [5.41, 5.74) is 1.66. The minimum atomic E-state index is -3.84. The van der Waals surface area contributed by atoms with E-state index < -0.39 is 10.0 Å². The second-order valence-corrected chi connectivity index (χ2v) is 8.48. The SMILES string of the molecule is Cc1c(Cl)cc(S(=O)(=O)Nc2ccc(-c3nnc(N(C)C)o3)cc2)cc1Cl.